The largest absolute Gasteiger partial charge is 0.461 e. The third-order valence-corrected chi connectivity index (χ3v) is 2.49. The maximum atomic E-state index is 11.5. The molecule has 15 heavy (non-hydrogen) atoms. The van der Waals surface area contributed by atoms with Gasteiger partial charge in [-0.2, -0.15) is 0 Å². The number of aromatic nitrogens is 1. The van der Waals surface area contributed by atoms with Gasteiger partial charge in [0.15, 0.2) is 5.69 Å². The molecule has 1 saturated carbocycles. The third-order valence-electron chi connectivity index (χ3n) is 2.49. The van der Waals surface area contributed by atoms with Crippen molar-refractivity contribution in [2.75, 3.05) is 12.3 Å². The Morgan fingerprint density at radius 1 is 1.60 bits per heavy atom. The molecule has 4 heteroatoms. The lowest BCUT2D eigenvalue weighted by Gasteiger charge is -2.04. The molecule has 0 atom stereocenters. The second-order valence-electron chi connectivity index (χ2n) is 3.81. The molecule has 0 saturated heterocycles. The van der Waals surface area contributed by atoms with E-state index in [2.05, 4.69) is 4.98 Å². The molecule has 0 unspecified atom stereocenters. The first kappa shape index (κ1) is 9.96. The van der Waals surface area contributed by atoms with Gasteiger partial charge < -0.3 is 10.5 Å². The Balaban J connectivity index is 1.86. The van der Waals surface area contributed by atoms with Gasteiger partial charge in [0.2, 0.25) is 0 Å². The van der Waals surface area contributed by atoms with Crippen LogP contribution in [-0.4, -0.2) is 17.6 Å². The van der Waals surface area contributed by atoms with Gasteiger partial charge in [-0.25, -0.2) is 9.78 Å². The van der Waals surface area contributed by atoms with Gasteiger partial charge in [0, 0.05) is 6.20 Å². The third kappa shape index (κ3) is 2.68. The maximum Gasteiger partial charge on any atom is 0.359 e. The smallest absolute Gasteiger partial charge is 0.359 e. The fraction of sp³-hybridized carbons (Fsp3) is 0.455. The first-order valence-corrected chi connectivity index (χ1v) is 5.15. The summed E-state index contributed by atoms with van der Waals surface area (Å²) in [5.74, 6) is 0.340. The molecular formula is C11H14N2O2. The van der Waals surface area contributed by atoms with Crippen molar-refractivity contribution in [3.63, 3.8) is 0 Å². The van der Waals surface area contributed by atoms with Gasteiger partial charge in [0.25, 0.3) is 0 Å². The van der Waals surface area contributed by atoms with Gasteiger partial charge in [-0.3, -0.25) is 0 Å². The lowest BCUT2D eigenvalue weighted by atomic mass is 10.3. The lowest BCUT2D eigenvalue weighted by molar-refractivity contribution is 0.0489. The Morgan fingerprint density at radius 2 is 2.40 bits per heavy atom. The number of carbonyl (C=O) groups excluding carboxylic acids is 1. The SMILES string of the molecule is Nc1cccnc1C(=O)OCCC1CC1. The first-order valence-electron chi connectivity index (χ1n) is 5.15. The van der Waals surface area contributed by atoms with E-state index in [0.29, 0.717) is 12.3 Å². The summed E-state index contributed by atoms with van der Waals surface area (Å²) in [6.07, 6.45) is 5.03. The van der Waals surface area contributed by atoms with Crippen LogP contribution in [0.25, 0.3) is 0 Å². The highest BCUT2D eigenvalue weighted by Gasteiger charge is 2.21. The summed E-state index contributed by atoms with van der Waals surface area (Å²) in [6.45, 7) is 0.472. The molecule has 80 valence electrons. The minimum absolute atomic E-state index is 0.216. The quantitative estimate of drug-likeness (QED) is 0.760. The summed E-state index contributed by atoms with van der Waals surface area (Å²) < 4.78 is 5.08. The van der Waals surface area contributed by atoms with E-state index in [1.165, 1.54) is 19.0 Å². The maximum absolute atomic E-state index is 11.5. The number of nitrogens with zero attached hydrogens (tertiary/aromatic N) is 1. The number of ether oxygens (including phenoxy) is 1. The van der Waals surface area contributed by atoms with E-state index >= 15 is 0 Å². The average molecular weight is 206 g/mol. The lowest BCUT2D eigenvalue weighted by Crippen LogP contribution is -2.11. The van der Waals surface area contributed by atoms with Crippen LogP contribution in [0, 0.1) is 5.92 Å². The second-order valence-corrected chi connectivity index (χ2v) is 3.81. The highest BCUT2D eigenvalue weighted by Crippen LogP contribution is 2.32. The number of nitrogens with two attached hydrogens (primary N) is 1. The monoisotopic (exact) mass is 206 g/mol. The standard InChI is InChI=1S/C11H14N2O2/c12-9-2-1-6-13-10(9)11(14)15-7-5-8-3-4-8/h1-2,6,8H,3-5,7,12H2. The van der Waals surface area contributed by atoms with Crippen LogP contribution in [0.15, 0.2) is 18.3 Å². The number of rotatable bonds is 4. The zero-order valence-electron chi connectivity index (χ0n) is 8.48. The van der Waals surface area contributed by atoms with Gasteiger partial charge >= 0.3 is 5.97 Å². The van der Waals surface area contributed by atoms with Crippen LogP contribution in [0.1, 0.15) is 29.8 Å². The highest BCUT2D eigenvalue weighted by atomic mass is 16.5. The van der Waals surface area contributed by atoms with Crippen molar-refractivity contribution in [2.24, 2.45) is 5.92 Å². The number of hydrogen-bond acceptors (Lipinski definition) is 4. The van der Waals surface area contributed by atoms with Crippen molar-refractivity contribution in [3.05, 3.63) is 24.0 Å². The molecule has 1 fully saturated rings. The summed E-state index contributed by atoms with van der Waals surface area (Å²) in [5, 5.41) is 0. The Hall–Kier alpha value is -1.58. The van der Waals surface area contributed by atoms with Crippen LogP contribution >= 0.6 is 0 Å². The van der Waals surface area contributed by atoms with Crippen LogP contribution in [0.5, 0.6) is 0 Å². The molecule has 0 aromatic carbocycles. The fourth-order valence-electron chi connectivity index (χ4n) is 1.38. The number of nitrogen functional groups attached to an aromatic ring is 1. The van der Waals surface area contributed by atoms with Crippen molar-refractivity contribution >= 4 is 11.7 Å². The summed E-state index contributed by atoms with van der Waals surface area (Å²) in [5.41, 5.74) is 6.19. The zero-order chi connectivity index (χ0) is 10.7. The van der Waals surface area contributed by atoms with Gasteiger partial charge in [0.1, 0.15) is 0 Å². The molecular weight excluding hydrogens is 192 g/mol. The zero-order valence-corrected chi connectivity index (χ0v) is 8.48. The Bertz CT molecular complexity index is 361. The van der Waals surface area contributed by atoms with E-state index < -0.39 is 5.97 Å². The van der Waals surface area contributed by atoms with Crippen molar-refractivity contribution in [2.45, 2.75) is 19.3 Å². The molecule has 2 N–H and O–H groups in total. The summed E-state index contributed by atoms with van der Waals surface area (Å²) in [7, 11) is 0. The van der Waals surface area contributed by atoms with E-state index in [0.717, 1.165) is 12.3 Å². The Labute approximate surface area is 88.4 Å². The highest BCUT2D eigenvalue weighted by molar-refractivity contribution is 5.92. The second kappa shape index (κ2) is 4.29. The van der Waals surface area contributed by atoms with Crippen molar-refractivity contribution in [3.8, 4) is 0 Å². The molecule has 1 aliphatic rings. The van der Waals surface area contributed by atoms with Crippen LogP contribution in [0.3, 0.4) is 0 Å². The Morgan fingerprint density at radius 3 is 3.07 bits per heavy atom. The molecule has 2 rings (SSSR count). The van der Waals surface area contributed by atoms with E-state index in [4.69, 9.17) is 10.5 Å². The molecule has 1 aromatic rings. The molecule has 0 bridgehead atoms. The van der Waals surface area contributed by atoms with E-state index in [9.17, 15) is 4.79 Å². The summed E-state index contributed by atoms with van der Waals surface area (Å²) in [6, 6.07) is 3.33. The topological polar surface area (TPSA) is 65.2 Å². The van der Waals surface area contributed by atoms with Crippen LogP contribution in [-0.2, 0) is 4.74 Å². The molecule has 0 radical (unpaired) electrons. The van der Waals surface area contributed by atoms with Crippen molar-refractivity contribution < 1.29 is 9.53 Å². The van der Waals surface area contributed by atoms with E-state index in [1.54, 1.807) is 12.1 Å². The van der Waals surface area contributed by atoms with Crippen LogP contribution < -0.4 is 5.73 Å². The molecule has 0 amide bonds. The number of pyridine rings is 1. The molecule has 1 aliphatic carbocycles. The summed E-state index contributed by atoms with van der Waals surface area (Å²) >= 11 is 0. The summed E-state index contributed by atoms with van der Waals surface area (Å²) in [4.78, 5) is 15.4. The van der Waals surface area contributed by atoms with Crippen molar-refractivity contribution in [1.82, 2.24) is 4.98 Å². The predicted octanol–water partition coefficient (Wildman–Crippen LogP) is 1.62. The van der Waals surface area contributed by atoms with E-state index in [-0.39, 0.29) is 5.69 Å². The molecule has 1 heterocycles. The minimum Gasteiger partial charge on any atom is -0.461 e. The predicted molar refractivity (Wildman–Crippen MR) is 56.3 cm³/mol. The van der Waals surface area contributed by atoms with Gasteiger partial charge in [-0.1, -0.05) is 12.8 Å². The van der Waals surface area contributed by atoms with Crippen LogP contribution in [0.2, 0.25) is 0 Å². The number of carbonyl (C=O) groups is 1. The van der Waals surface area contributed by atoms with Gasteiger partial charge in [-0.15, -0.1) is 0 Å². The Kier molecular flexibility index (Phi) is 2.85. The first-order chi connectivity index (χ1) is 7.27. The average Bonchev–Trinajstić information content (AvgIpc) is 3.02. The van der Waals surface area contributed by atoms with E-state index in [1.807, 2.05) is 0 Å². The number of esters is 1. The molecule has 1 aromatic heterocycles. The number of hydrogen-bond donors (Lipinski definition) is 1. The van der Waals surface area contributed by atoms with Crippen molar-refractivity contribution in [1.29, 1.82) is 0 Å². The fourth-order valence-corrected chi connectivity index (χ4v) is 1.38. The van der Waals surface area contributed by atoms with Gasteiger partial charge in [-0.05, 0) is 24.5 Å². The molecule has 0 aliphatic heterocycles. The molecule has 4 nitrogen and oxygen atoms in total. The minimum atomic E-state index is -0.422. The molecule has 0 spiro atoms. The number of anilines is 1. The van der Waals surface area contributed by atoms with Crippen LogP contribution in [0.4, 0.5) is 5.69 Å². The normalized spacial score (nSPS) is 14.9. The van der Waals surface area contributed by atoms with Gasteiger partial charge in [0.05, 0.1) is 12.3 Å².